The highest BCUT2D eigenvalue weighted by atomic mass is 16.5. The molecule has 0 spiro atoms. The minimum atomic E-state index is -0.784. The fourth-order valence-electron chi connectivity index (χ4n) is 2.87. The van der Waals surface area contributed by atoms with E-state index in [1.165, 1.54) is 4.68 Å². The van der Waals surface area contributed by atoms with E-state index in [9.17, 15) is 19.2 Å². The lowest BCUT2D eigenvalue weighted by Crippen LogP contribution is -2.26. The molecule has 0 aliphatic heterocycles. The fourth-order valence-corrected chi connectivity index (χ4v) is 2.87. The number of amides is 1. The lowest BCUT2D eigenvalue weighted by Gasteiger charge is -2.09. The summed E-state index contributed by atoms with van der Waals surface area (Å²) in [7, 11) is 0. The van der Waals surface area contributed by atoms with E-state index in [0.29, 0.717) is 35.0 Å². The summed E-state index contributed by atoms with van der Waals surface area (Å²) < 4.78 is 6.35. The van der Waals surface area contributed by atoms with Gasteiger partial charge < -0.3 is 10.1 Å². The third-order valence-corrected chi connectivity index (χ3v) is 4.51. The molecule has 8 heteroatoms. The first kappa shape index (κ1) is 20.9. The van der Waals surface area contributed by atoms with Gasteiger partial charge in [0, 0.05) is 29.6 Å². The molecule has 0 fully saturated rings. The summed E-state index contributed by atoms with van der Waals surface area (Å²) in [5, 5.41) is 7.52. The normalized spacial score (nSPS) is 10.6. The molecule has 0 unspecified atom stereocenters. The Labute approximate surface area is 172 Å². The molecule has 0 aliphatic rings. The molecule has 0 radical (unpaired) electrons. The van der Waals surface area contributed by atoms with E-state index < -0.39 is 18.4 Å². The van der Waals surface area contributed by atoms with Gasteiger partial charge in [-0.05, 0) is 37.3 Å². The maximum Gasteiger partial charge on any atom is 0.359 e. The molecule has 0 saturated heterocycles. The number of ether oxygens (including phenoxy) is 1. The van der Waals surface area contributed by atoms with Gasteiger partial charge in [-0.2, -0.15) is 5.10 Å². The average molecular weight is 407 g/mol. The first-order valence-corrected chi connectivity index (χ1v) is 9.54. The molecule has 1 aromatic heterocycles. The number of aromatic nitrogens is 2. The number of hydrogen-bond donors (Lipinski definition) is 1. The largest absolute Gasteiger partial charge is 0.452 e. The molecular weight excluding hydrogens is 386 g/mol. The lowest BCUT2D eigenvalue weighted by molar-refractivity contribution is -0.115. The topological polar surface area (TPSA) is 107 Å². The molecule has 3 rings (SSSR count). The van der Waals surface area contributed by atoms with Gasteiger partial charge in [0.1, 0.15) is 0 Å². The highest BCUT2D eigenvalue weighted by Gasteiger charge is 2.19. The molecule has 3 aromatic rings. The van der Waals surface area contributed by atoms with Crippen molar-refractivity contribution >= 4 is 34.1 Å². The Morgan fingerprint density at radius 3 is 2.30 bits per heavy atom. The molecule has 1 amide bonds. The number of ketones is 1. The molecule has 0 aliphatic carbocycles. The Morgan fingerprint density at radius 1 is 1.00 bits per heavy atom. The van der Waals surface area contributed by atoms with Crippen LogP contribution in [0.3, 0.4) is 0 Å². The monoisotopic (exact) mass is 407 g/mol. The third kappa shape index (κ3) is 4.43. The van der Waals surface area contributed by atoms with Crippen LogP contribution in [0, 0.1) is 0 Å². The summed E-state index contributed by atoms with van der Waals surface area (Å²) in [5.41, 5.74) is 0.606. The van der Waals surface area contributed by atoms with Gasteiger partial charge in [-0.3, -0.25) is 14.4 Å². The van der Waals surface area contributed by atoms with Crippen molar-refractivity contribution < 1.29 is 19.1 Å². The van der Waals surface area contributed by atoms with Crippen molar-refractivity contribution in [3.05, 3.63) is 70.1 Å². The first-order chi connectivity index (χ1) is 14.4. The van der Waals surface area contributed by atoms with Gasteiger partial charge in [0.15, 0.2) is 18.1 Å². The molecule has 0 saturated carbocycles. The number of fused-ring (bicyclic) bond motifs is 1. The van der Waals surface area contributed by atoms with Crippen LogP contribution in [0.4, 0.5) is 5.69 Å². The highest BCUT2D eigenvalue weighted by molar-refractivity contribution is 6.04. The van der Waals surface area contributed by atoms with Crippen molar-refractivity contribution in [3.63, 3.8) is 0 Å². The summed E-state index contributed by atoms with van der Waals surface area (Å²) in [6, 6.07) is 12.9. The predicted octanol–water partition coefficient (Wildman–Crippen LogP) is 2.80. The second-order valence-corrected chi connectivity index (χ2v) is 6.49. The Bertz CT molecular complexity index is 1170. The Morgan fingerprint density at radius 2 is 1.67 bits per heavy atom. The van der Waals surface area contributed by atoms with Gasteiger partial charge in [0.05, 0.1) is 5.39 Å². The number of hydrogen-bond acceptors (Lipinski definition) is 6. The van der Waals surface area contributed by atoms with E-state index in [1.54, 1.807) is 62.4 Å². The number of nitrogens with one attached hydrogen (secondary N) is 1. The van der Waals surface area contributed by atoms with Crippen LogP contribution in [0.2, 0.25) is 0 Å². The second-order valence-electron chi connectivity index (χ2n) is 6.49. The molecule has 30 heavy (non-hydrogen) atoms. The number of carbonyl (C=O) groups excluding carboxylic acids is 3. The van der Waals surface area contributed by atoms with Crippen molar-refractivity contribution in [3.8, 4) is 0 Å². The summed E-state index contributed by atoms with van der Waals surface area (Å²) in [6.07, 6.45) is 0.352. The zero-order valence-electron chi connectivity index (χ0n) is 16.7. The number of benzene rings is 2. The maximum absolute atomic E-state index is 12.6. The van der Waals surface area contributed by atoms with E-state index in [1.807, 2.05) is 0 Å². The van der Waals surface area contributed by atoms with Crippen LogP contribution in [0.15, 0.2) is 53.3 Å². The van der Waals surface area contributed by atoms with Gasteiger partial charge in [0.2, 0.25) is 5.91 Å². The van der Waals surface area contributed by atoms with Crippen LogP contribution < -0.4 is 10.9 Å². The molecule has 0 bridgehead atoms. The smallest absolute Gasteiger partial charge is 0.359 e. The van der Waals surface area contributed by atoms with Crippen LogP contribution >= 0.6 is 0 Å². The number of rotatable bonds is 7. The number of anilines is 1. The van der Waals surface area contributed by atoms with Crippen molar-refractivity contribution in [2.45, 2.75) is 26.8 Å². The summed E-state index contributed by atoms with van der Waals surface area (Å²) >= 11 is 0. The zero-order valence-corrected chi connectivity index (χ0v) is 16.7. The molecule has 0 atom stereocenters. The van der Waals surface area contributed by atoms with Crippen molar-refractivity contribution in [2.75, 3.05) is 11.9 Å². The summed E-state index contributed by atoms with van der Waals surface area (Å²) in [5.74, 6) is -1.31. The van der Waals surface area contributed by atoms with Crippen LogP contribution in [-0.4, -0.2) is 34.0 Å². The second kappa shape index (κ2) is 9.13. The van der Waals surface area contributed by atoms with Gasteiger partial charge in [0.25, 0.3) is 5.56 Å². The maximum atomic E-state index is 12.6. The van der Waals surface area contributed by atoms with Gasteiger partial charge in [-0.1, -0.05) is 25.1 Å². The Kier molecular flexibility index (Phi) is 6.36. The van der Waals surface area contributed by atoms with Crippen LogP contribution in [0.25, 0.3) is 10.8 Å². The molecule has 1 N–H and O–H groups in total. The minimum Gasteiger partial charge on any atom is -0.452 e. The van der Waals surface area contributed by atoms with Gasteiger partial charge >= 0.3 is 5.97 Å². The van der Waals surface area contributed by atoms with E-state index in [0.717, 1.165) is 0 Å². The molecule has 154 valence electrons. The number of carbonyl (C=O) groups is 3. The number of Topliss-reactive ketones (excluding diaryl/α,β-unsaturated/α-hetero) is 1. The van der Waals surface area contributed by atoms with E-state index in [2.05, 4.69) is 10.4 Å². The van der Waals surface area contributed by atoms with E-state index >= 15 is 0 Å². The van der Waals surface area contributed by atoms with Crippen LogP contribution in [0.5, 0.6) is 0 Å². The Balaban J connectivity index is 1.74. The fraction of sp³-hybridized carbons (Fsp3) is 0.227. The summed E-state index contributed by atoms with van der Waals surface area (Å²) in [6.45, 7) is 3.31. The standard InChI is InChI=1S/C22H21N3O5/c1-3-19(27)23-15-11-9-14(10-12-15)18(26)13-30-22(29)20-16-7-5-6-8-17(16)21(28)25(4-2)24-20/h5-12H,3-4,13H2,1-2H3,(H,23,27). The number of nitrogens with zero attached hydrogens (tertiary/aromatic N) is 2. The molecule has 1 heterocycles. The highest BCUT2D eigenvalue weighted by Crippen LogP contribution is 2.15. The molecule has 2 aromatic carbocycles. The van der Waals surface area contributed by atoms with Crippen LogP contribution in [-0.2, 0) is 16.1 Å². The first-order valence-electron chi connectivity index (χ1n) is 9.54. The van der Waals surface area contributed by atoms with Crippen molar-refractivity contribution in [1.29, 1.82) is 0 Å². The predicted molar refractivity (Wildman–Crippen MR) is 112 cm³/mol. The Hall–Kier alpha value is -3.81. The van der Waals surface area contributed by atoms with E-state index in [-0.39, 0.29) is 17.2 Å². The van der Waals surface area contributed by atoms with Crippen LogP contribution in [0.1, 0.15) is 41.1 Å². The number of esters is 1. The lowest BCUT2D eigenvalue weighted by atomic mass is 10.1. The zero-order chi connectivity index (χ0) is 21.7. The summed E-state index contributed by atoms with van der Waals surface area (Å²) in [4.78, 5) is 48.7. The van der Waals surface area contributed by atoms with Gasteiger partial charge in [-0.25, -0.2) is 9.48 Å². The third-order valence-electron chi connectivity index (χ3n) is 4.51. The average Bonchev–Trinajstić information content (AvgIpc) is 2.78. The van der Waals surface area contributed by atoms with Gasteiger partial charge in [-0.15, -0.1) is 0 Å². The molecule has 8 nitrogen and oxygen atoms in total. The quantitative estimate of drug-likeness (QED) is 0.477. The number of aryl methyl sites for hydroxylation is 1. The minimum absolute atomic E-state index is 0.0162. The van der Waals surface area contributed by atoms with E-state index in [4.69, 9.17) is 4.74 Å². The molecular formula is C22H21N3O5. The SMILES string of the molecule is CCC(=O)Nc1ccc(C(=O)COC(=O)c2nn(CC)c(=O)c3ccccc23)cc1. The van der Waals surface area contributed by atoms with Crippen molar-refractivity contribution in [1.82, 2.24) is 9.78 Å². The van der Waals surface area contributed by atoms with Crippen molar-refractivity contribution in [2.24, 2.45) is 0 Å².